The number of nitrogens with one attached hydrogen (secondary N) is 2. The molecule has 0 aromatic heterocycles. The van der Waals surface area contributed by atoms with Gasteiger partial charge < -0.3 is 15.5 Å². The van der Waals surface area contributed by atoms with Crippen molar-refractivity contribution in [2.24, 2.45) is 0 Å². The molecule has 1 heterocycles. The van der Waals surface area contributed by atoms with Crippen LogP contribution in [0.15, 0.2) is 30.3 Å². The predicted octanol–water partition coefficient (Wildman–Crippen LogP) is 0.451. The first kappa shape index (κ1) is 17.3. The average molecular weight is 318 g/mol. The van der Waals surface area contributed by atoms with Gasteiger partial charge in [-0.2, -0.15) is 0 Å². The molecule has 126 valence electrons. The van der Waals surface area contributed by atoms with Crippen LogP contribution >= 0.6 is 0 Å². The van der Waals surface area contributed by atoms with Crippen molar-refractivity contribution >= 4 is 17.5 Å². The van der Waals surface area contributed by atoms with Crippen LogP contribution < -0.4 is 15.5 Å². The zero-order chi connectivity index (χ0) is 16.5. The third-order valence-corrected chi connectivity index (χ3v) is 3.88. The highest BCUT2D eigenvalue weighted by atomic mass is 16.2. The molecule has 0 radical (unpaired) electrons. The minimum absolute atomic E-state index is 0.0583. The fourth-order valence-corrected chi connectivity index (χ4v) is 2.57. The number of rotatable bonds is 7. The first-order chi connectivity index (χ1) is 11.2. The molecule has 2 N–H and O–H groups in total. The Labute approximate surface area is 137 Å². The Morgan fingerprint density at radius 1 is 1.00 bits per heavy atom. The van der Waals surface area contributed by atoms with E-state index >= 15 is 0 Å². The van der Waals surface area contributed by atoms with Crippen LogP contribution in [0.4, 0.5) is 5.69 Å². The normalized spacial score (nSPS) is 15.3. The van der Waals surface area contributed by atoms with Crippen LogP contribution in [-0.2, 0) is 9.59 Å². The molecule has 0 aliphatic carbocycles. The number of nitrogens with zero attached hydrogens (tertiary/aromatic N) is 2. The van der Waals surface area contributed by atoms with Crippen molar-refractivity contribution < 1.29 is 9.59 Å². The standard InChI is InChI=1S/C17H26N4O2/c1-2-8-18-16(22)13-19-17(23)14-20-9-11-21(12-10-20)15-6-4-3-5-7-15/h3-7H,2,8-14H2,1H3,(H,18,22)(H,19,23). The van der Waals surface area contributed by atoms with Crippen molar-refractivity contribution in [2.75, 3.05) is 50.7 Å². The SMILES string of the molecule is CCCNC(=O)CNC(=O)CN1CCN(c2ccccc2)CC1. The number of amides is 2. The first-order valence-electron chi connectivity index (χ1n) is 8.24. The van der Waals surface area contributed by atoms with Gasteiger partial charge in [-0.1, -0.05) is 25.1 Å². The van der Waals surface area contributed by atoms with Crippen LogP contribution in [-0.4, -0.2) is 62.5 Å². The third-order valence-electron chi connectivity index (χ3n) is 3.88. The van der Waals surface area contributed by atoms with Crippen LogP contribution in [0, 0.1) is 0 Å². The number of anilines is 1. The molecule has 1 aliphatic heterocycles. The molecule has 0 atom stereocenters. The van der Waals surface area contributed by atoms with E-state index in [1.807, 2.05) is 25.1 Å². The van der Waals surface area contributed by atoms with E-state index in [1.54, 1.807) is 0 Å². The molecule has 0 spiro atoms. The zero-order valence-corrected chi connectivity index (χ0v) is 13.8. The maximum absolute atomic E-state index is 11.9. The van der Waals surface area contributed by atoms with Gasteiger partial charge in [-0.05, 0) is 18.6 Å². The Balaban J connectivity index is 1.66. The Bertz CT molecular complexity index is 499. The Hall–Kier alpha value is -2.08. The summed E-state index contributed by atoms with van der Waals surface area (Å²) in [5.74, 6) is -0.223. The van der Waals surface area contributed by atoms with E-state index in [2.05, 4.69) is 32.6 Å². The number of benzene rings is 1. The van der Waals surface area contributed by atoms with Gasteiger partial charge in [0.05, 0.1) is 13.1 Å². The molecule has 0 saturated carbocycles. The highest BCUT2D eigenvalue weighted by Crippen LogP contribution is 2.15. The lowest BCUT2D eigenvalue weighted by Gasteiger charge is -2.35. The zero-order valence-electron chi connectivity index (χ0n) is 13.8. The molecular weight excluding hydrogens is 292 g/mol. The van der Waals surface area contributed by atoms with Crippen molar-refractivity contribution in [3.05, 3.63) is 30.3 Å². The summed E-state index contributed by atoms with van der Waals surface area (Å²) in [6, 6.07) is 10.3. The number of piperazine rings is 1. The van der Waals surface area contributed by atoms with E-state index in [9.17, 15) is 9.59 Å². The van der Waals surface area contributed by atoms with E-state index in [0.717, 1.165) is 32.6 Å². The van der Waals surface area contributed by atoms with Gasteiger partial charge in [0.15, 0.2) is 0 Å². The quantitative estimate of drug-likeness (QED) is 0.766. The number of carbonyl (C=O) groups excluding carboxylic acids is 2. The van der Waals surface area contributed by atoms with Gasteiger partial charge in [0.25, 0.3) is 0 Å². The summed E-state index contributed by atoms with van der Waals surface area (Å²) in [5.41, 5.74) is 1.23. The van der Waals surface area contributed by atoms with E-state index < -0.39 is 0 Å². The van der Waals surface area contributed by atoms with E-state index in [4.69, 9.17) is 0 Å². The molecule has 1 aromatic carbocycles. The van der Waals surface area contributed by atoms with Crippen LogP contribution in [0.5, 0.6) is 0 Å². The van der Waals surface area contributed by atoms with E-state index in [-0.39, 0.29) is 18.4 Å². The lowest BCUT2D eigenvalue weighted by molar-refractivity contribution is -0.126. The monoisotopic (exact) mass is 318 g/mol. The summed E-state index contributed by atoms with van der Waals surface area (Å²) in [7, 11) is 0. The highest BCUT2D eigenvalue weighted by molar-refractivity contribution is 5.85. The second kappa shape index (κ2) is 9.15. The first-order valence-corrected chi connectivity index (χ1v) is 8.24. The summed E-state index contributed by atoms with van der Waals surface area (Å²) < 4.78 is 0. The molecule has 1 fully saturated rings. The van der Waals surface area contributed by atoms with E-state index in [0.29, 0.717) is 13.1 Å². The van der Waals surface area contributed by atoms with Crippen molar-refractivity contribution in [2.45, 2.75) is 13.3 Å². The molecule has 23 heavy (non-hydrogen) atoms. The van der Waals surface area contributed by atoms with Crippen molar-refractivity contribution in [1.29, 1.82) is 0 Å². The van der Waals surface area contributed by atoms with Crippen LogP contribution in [0.3, 0.4) is 0 Å². The van der Waals surface area contributed by atoms with Gasteiger partial charge in [0, 0.05) is 38.4 Å². The highest BCUT2D eigenvalue weighted by Gasteiger charge is 2.19. The van der Waals surface area contributed by atoms with Gasteiger partial charge >= 0.3 is 0 Å². The molecule has 1 saturated heterocycles. The number of carbonyl (C=O) groups is 2. The lowest BCUT2D eigenvalue weighted by Crippen LogP contribution is -2.50. The predicted molar refractivity (Wildman–Crippen MR) is 91.4 cm³/mol. The van der Waals surface area contributed by atoms with Gasteiger partial charge in [-0.25, -0.2) is 0 Å². The molecule has 1 aromatic rings. The summed E-state index contributed by atoms with van der Waals surface area (Å²) in [6.07, 6.45) is 0.894. The molecule has 6 nitrogen and oxygen atoms in total. The summed E-state index contributed by atoms with van der Waals surface area (Å²) in [5, 5.41) is 5.42. The van der Waals surface area contributed by atoms with Gasteiger partial charge in [-0.15, -0.1) is 0 Å². The summed E-state index contributed by atoms with van der Waals surface area (Å²) in [6.45, 7) is 6.58. The van der Waals surface area contributed by atoms with Crippen molar-refractivity contribution in [3.8, 4) is 0 Å². The number of para-hydroxylation sites is 1. The van der Waals surface area contributed by atoms with Crippen LogP contribution in [0.1, 0.15) is 13.3 Å². The van der Waals surface area contributed by atoms with Crippen LogP contribution in [0.2, 0.25) is 0 Å². The maximum Gasteiger partial charge on any atom is 0.239 e. The maximum atomic E-state index is 11.9. The Morgan fingerprint density at radius 2 is 1.70 bits per heavy atom. The molecule has 6 heteroatoms. The lowest BCUT2D eigenvalue weighted by atomic mass is 10.2. The summed E-state index contributed by atoms with van der Waals surface area (Å²) in [4.78, 5) is 27.8. The molecular formula is C17H26N4O2. The van der Waals surface area contributed by atoms with Crippen LogP contribution in [0.25, 0.3) is 0 Å². The van der Waals surface area contributed by atoms with E-state index in [1.165, 1.54) is 5.69 Å². The van der Waals surface area contributed by atoms with Crippen molar-refractivity contribution in [1.82, 2.24) is 15.5 Å². The third kappa shape index (κ3) is 5.90. The fourth-order valence-electron chi connectivity index (χ4n) is 2.57. The molecule has 0 unspecified atom stereocenters. The minimum Gasteiger partial charge on any atom is -0.369 e. The largest absolute Gasteiger partial charge is 0.369 e. The molecule has 2 amide bonds. The van der Waals surface area contributed by atoms with Gasteiger partial charge in [0.1, 0.15) is 0 Å². The molecule has 0 bridgehead atoms. The smallest absolute Gasteiger partial charge is 0.239 e. The second-order valence-electron chi connectivity index (χ2n) is 5.73. The topological polar surface area (TPSA) is 64.7 Å². The summed E-state index contributed by atoms with van der Waals surface area (Å²) >= 11 is 0. The number of hydrogen-bond donors (Lipinski definition) is 2. The molecule has 2 rings (SSSR count). The Kier molecular flexibility index (Phi) is 6.87. The fraction of sp³-hybridized carbons (Fsp3) is 0.529. The average Bonchev–Trinajstić information content (AvgIpc) is 2.59. The van der Waals surface area contributed by atoms with Gasteiger partial charge in [0.2, 0.25) is 11.8 Å². The minimum atomic E-state index is -0.130. The molecule has 1 aliphatic rings. The van der Waals surface area contributed by atoms with Gasteiger partial charge in [-0.3, -0.25) is 14.5 Å². The second-order valence-corrected chi connectivity index (χ2v) is 5.73. The van der Waals surface area contributed by atoms with Crippen molar-refractivity contribution in [3.63, 3.8) is 0 Å². The Morgan fingerprint density at radius 3 is 2.35 bits per heavy atom. The number of hydrogen-bond acceptors (Lipinski definition) is 4.